The lowest BCUT2D eigenvalue weighted by atomic mass is 9.94. The molecule has 0 atom stereocenters. The van der Waals surface area contributed by atoms with E-state index in [1.165, 1.54) is 32.1 Å². The van der Waals surface area contributed by atoms with Crippen LogP contribution in [0.4, 0.5) is 5.69 Å². The molecule has 3 heteroatoms. The van der Waals surface area contributed by atoms with Crippen molar-refractivity contribution in [3.8, 4) is 6.07 Å². The SMILES string of the molecule is CN(CCCNc1ccccc1C#N)C1CCCCC1. The minimum atomic E-state index is 0.730. The summed E-state index contributed by atoms with van der Waals surface area (Å²) in [6.45, 7) is 2.06. The number of hydrogen-bond donors (Lipinski definition) is 1. The molecule has 1 aliphatic carbocycles. The summed E-state index contributed by atoms with van der Waals surface area (Å²) in [5, 5.41) is 12.4. The fourth-order valence-corrected chi connectivity index (χ4v) is 2.99. The Morgan fingerprint density at radius 1 is 1.25 bits per heavy atom. The zero-order valence-corrected chi connectivity index (χ0v) is 12.4. The first-order valence-electron chi connectivity index (χ1n) is 7.74. The summed E-state index contributed by atoms with van der Waals surface area (Å²) in [5.74, 6) is 0. The van der Waals surface area contributed by atoms with Gasteiger partial charge in [0.2, 0.25) is 0 Å². The third-order valence-electron chi connectivity index (χ3n) is 4.25. The fourth-order valence-electron chi connectivity index (χ4n) is 2.99. The van der Waals surface area contributed by atoms with Crippen molar-refractivity contribution in [3.63, 3.8) is 0 Å². The van der Waals surface area contributed by atoms with Crippen molar-refractivity contribution in [2.45, 2.75) is 44.6 Å². The smallest absolute Gasteiger partial charge is 0.101 e. The first-order chi connectivity index (χ1) is 9.81. The maximum atomic E-state index is 9.04. The molecular weight excluding hydrogens is 246 g/mol. The Labute approximate surface area is 122 Å². The molecule has 0 amide bonds. The summed E-state index contributed by atoms with van der Waals surface area (Å²) in [5.41, 5.74) is 1.68. The minimum Gasteiger partial charge on any atom is -0.384 e. The first-order valence-corrected chi connectivity index (χ1v) is 7.74. The van der Waals surface area contributed by atoms with E-state index in [2.05, 4.69) is 23.3 Å². The van der Waals surface area contributed by atoms with E-state index in [4.69, 9.17) is 5.26 Å². The molecule has 1 fully saturated rings. The number of nitrogens with zero attached hydrogens (tertiary/aromatic N) is 2. The summed E-state index contributed by atoms with van der Waals surface area (Å²) >= 11 is 0. The van der Waals surface area contributed by atoms with Gasteiger partial charge in [-0.2, -0.15) is 5.26 Å². The average Bonchev–Trinajstić information content (AvgIpc) is 2.52. The van der Waals surface area contributed by atoms with Gasteiger partial charge in [0.15, 0.2) is 0 Å². The van der Waals surface area contributed by atoms with Crippen molar-refractivity contribution in [2.24, 2.45) is 0 Å². The molecule has 1 saturated carbocycles. The lowest BCUT2D eigenvalue weighted by molar-refractivity contribution is 0.191. The molecule has 1 aromatic carbocycles. The molecule has 1 N–H and O–H groups in total. The summed E-state index contributed by atoms with van der Waals surface area (Å²) in [4.78, 5) is 2.51. The van der Waals surface area contributed by atoms with Gasteiger partial charge in [0, 0.05) is 12.6 Å². The van der Waals surface area contributed by atoms with Gasteiger partial charge in [-0.25, -0.2) is 0 Å². The van der Waals surface area contributed by atoms with Crippen LogP contribution in [0.5, 0.6) is 0 Å². The number of nitrogens with one attached hydrogen (secondary N) is 1. The van der Waals surface area contributed by atoms with E-state index < -0.39 is 0 Å². The Hall–Kier alpha value is -1.53. The minimum absolute atomic E-state index is 0.730. The van der Waals surface area contributed by atoms with Crippen LogP contribution >= 0.6 is 0 Å². The second-order valence-electron chi connectivity index (χ2n) is 5.71. The number of para-hydroxylation sites is 1. The van der Waals surface area contributed by atoms with Gasteiger partial charge in [0.1, 0.15) is 6.07 Å². The summed E-state index contributed by atoms with van der Waals surface area (Å²) in [6.07, 6.45) is 8.04. The van der Waals surface area contributed by atoms with Crippen LogP contribution in [0.25, 0.3) is 0 Å². The van der Waals surface area contributed by atoms with Gasteiger partial charge >= 0.3 is 0 Å². The number of hydrogen-bond acceptors (Lipinski definition) is 3. The van der Waals surface area contributed by atoms with Crippen molar-refractivity contribution in [3.05, 3.63) is 29.8 Å². The van der Waals surface area contributed by atoms with Gasteiger partial charge in [-0.15, -0.1) is 0 Å². The quantitative estimate of drug-likeness (QED) is 0.803. The molecule has 108 valence electrons. The average molecular weight is 271 g/mol. The van der Waals surface area contributed by atoms with E-state index in [9.17, 15) is 0 Å². The van der Waals surface area contributed by atoms with E-state index in [0.717, 1.165) is 36.8 Å². The highest BCUT2D eigenvalue weighted by Crippen LogP contribution is 2.21. The summed E-state index contributed by atoms with van der Waals surface area (Å²) in [6, 6.07) is 10.7. The summed E-state index contributed by atoms with van der Waals surface area (Å²) in [7, 11) is 2.25. The molecule has 0 unspecified atom stereocenters. The van der Waals surface area contributed by atoms with E-state index >= 15 is 0 Å². The van der Waals surface area contributed by atoms with Crippen molar-refractivity contribution in [2.75, 3.05) is 25.5 Å². The first kappa shape index (κ1) is 14.9. The van der Waals surface area contributed by atoms with Crippen molar-refractivity contribution in [1.82, 2.24) is 4.90 Å². The molecular formula is C17H25N3. The van der Waals surface area contributed by atoms with Crippen LogP contribution in [0, 0.1) is 11.3 Å². The molecule has 0 aliphatic heterocycles. The van der Waals surface area contributed by atoms with Crippen LogP contribution in [-0.4, -0.2) is 31.1 Å². The van der Waals surface area contributed by atoms with Crippen molar-refractivity contribution >= 4 is 5.69 Å². The Bertz CT molecular complexity index is 444. The van der Waals surface area contributed by atoms with Gasteiger partial charge in [0.05, 0.1) is 11.3 Å². The third-order valence-corrected chi connectivity index (χ3v) is 4.25. The topological polar surface area (TPSA) is 39.1 Å². The predicted octanol–water partition coefficient (Wildman–Crippen LogP) is 3.62. The largest absolute Gasteiger partial charge is 0.384 e. The molecule has 0 bridgehead atoms. The lowest BCUT2D eigenvalue weighted by Gasteiger charge is -2.31. The van der Waals surface area contributed by atoms with Crippen LogP contribution in [-0.2, 0) is 0 Å². The van der Waals surface area contributed by atoms with Crippen LogP contribution in [0.15, 0.2) is 24.3 Å². The highest BCUT2D eigenvalue weighted by atomic mass is 15.1. The standard InChI is InChI=1S/C17H25N3/c1-20(16-9-3-2-4-10-16)13-7-12-19-17-11-6-5-8-15(17)14-18/h5-6,8,11,16,19H,2-4,7,9-10,12-13H2,1H3. The Balaban J connectivity index is 1.69. The van der Waals surface area contributed by atoms with Crippen LogP contribution in [0.2, 0.25) is 0 Å². The highest BCUT2D eigenvalue weighted by Gasteiger charge is 2.17. The van der Waals surface area contributed by atoms with Gasteiger partial charge in [0.25, 0.3) is 0 Å². The monoisotopic (exact) mass is 271 g/mol. The lowest BCUT2D eigenvalue weighted by Crippen LogP contribution is -2.34. The van der Waals surface area contributed by atoms with Gasteiger partial charge < -0.3 is 10.2 Å². The van der Waals surface area contributed by atoms with Gasteiger partial charge in [-0.1, -0.05) is 31.4 Å². The highest BCUT2D eigenvalue weighted by molar-refractivity contribution is 5.56. The zero-order valence-electron chi connectivity index (χ0n) is 12.4. The predicted molar refractivity (Wildman–Crippen MR) is 83.8 cm³/mol. The summed E-state index contributed by atoms with van der Waals surface area (Å²) < 4.78 is 0. The van der Waals surface area contributed by atoms with Gasteiger partial charge in [-0.05, 0) is 45.0 Å². The molecule has 0 spiro atoms. The Morgan fingerprint density at radius 2 is 2.00 bits per heavy atom. The molecule has 1 aromatic rings. The molecule has 2 rings (SSSR count). The van der Waals surface area contributed by atoms with Crippen molar-refractivity contribution in [1.29, 1.82) is 5.26 Å². The van der Waals surface area contributed by atoms with E-state index in [1.54, 1.807) is 0 Å². The van der Waals surface area contributed by atoms with Crippen LogP contribution in [0.3, 0.4) is 0 Å². The van der Waals surface area contributed by atoms with E-state index in [0.29, 0.717) is 0 Å². The number of benzene rings is 1. The number of nitriles is 1. The normalized spacial score (nSPS) is 16.1. The second-order valence-corrected chi connectivity index (χ2v) is 5.71. The third kappa shape index (κ3) is 4.25. The Kier molecular flexibility index (Phi) is 5.88. The molecule has 0 aromatic heterocycles. The maximum absolute atomic E-state index is 9.04. The van der Waals surface area contributed by atoms with E-state index in [-0.39, 0.29) is 0 Å². The molecule has 20 heavy (non-hydrogen) atoms. The van der Waals surface area contributed by atoms with Crippen LogP contribution in [0.1, 0.15) is 44.1 Å². The maximum Gasteiger partial charge on any atom is 0.101 e. The molecule has 0 saturated heterocycles. The number of anilines is 1. The fraction of sp³-hybridized carbons (Fsp3) is 0.588. The zero-order chi connectivity index (χ0) is 14.2. The molecule has 0 heterocycles. The molecule has 1 aliphatic rings. The van der Waals surface area contributed by atoms with Crippen LogP contribution < -0.4 is 5.32 Å². The van der Waals surface area contributed by atoms with Gasteiger partial charge in [-0.3, -0.25) is 0 Å². The van der Waals surface area contributed by atoms with E-state index in [1.807, 2.05) is 24.3 Å². The molecule has 0 radical (unpaired) electrons. The molecule has 3 nitrogen and oxygen atoms in total. The number of rotatable bonds is 6. The Morgan fingerprint density at radius 3 is 2.75 bits per heavy atom. The van der Waals surface area contributed by atoms with Crippen molar-refractivity contribution < 1.29 is 0 Å². The second kappa shape index (κ2) is 7.91.